The molecule has 9 heteroatoms. The minimum atomic E-state index is -3.89. The van der Waals surface area contributed by atoms with Gasteiger partial charge in [-0.2, -0.15) is 10.1 Å². The predicted molar refractivity (Wildman–Crippen MR) is 81.0 cm³/mol. The van der Waals surface area contributed by atoms with Crippen molar-refractivity contribution < 1.29 is 13.2 Å². The lowest BCUT2D eigenvalue weighted by Crippen LogP contribution is -2.19. The number of rotatable bonds is 3. The Kier molecular flexibility index (Phi) is 4.03. The Balaban J connectivity index is 2.45. The second-order valence-corrected chi connectivity index (χ2v) is 6.58. The molecule has 22 heavy (non-hydrogen) atoms. The highest BCUT2D eigenvalue weighted by Crippen LogP contribution is 2.20. The predicted octanol–water partition coefficient (Wildman–Crippen LogP) is 0.640. The maximum absolute atomic E-state index is 12.4. The van der Waals surface area contributed by atoms with E-state index in [-0.39, 0.29) is 16.4 Å². The van der Waals surface area contributed by atoms with Crippen LogP contribution in [0, 0.1) is 20.8 Å². The molecule has 8 nitrogen and oxygen atoms in total. The molecule has 118 valence electrons. The first-order valence-electron chi connectivity index (χ1n) is 6.42. The Hall–Kier alpha value is -2.26. The summed E-state index contributed by atoms with van der Waals surface area (Å²) in [6.45, 7) is 5.15. The van der Waals surface area contributed by atoms with Crippen molar-refractivity contribution in [1.29, 1.82) is 0 Å². The average Bonchev–Trinajstić information content (AvgIpc) is 2.69. The van der Waals surface area contributed by atoms with Gasteiger partial charge in [-0.05, 0) is 44.0 Å². The third-order valence-corrected chi connectivity index (χ3v) is 4.20. The number of aromatic nitrogens is 3. The molecule has 2 rings (SSSR count). The summed E-state index contributed by atoms with van der Waals surface area (Å²) >= 11 is 0. The average molecular weight is 323 g/mol. The number of sulfonamides is 1. The molecule has 1 aromatic heterocycles. The number of primary sulfonamides is 1. The molecule has 1 heterocycles. The summed E-state index contributed by atoms with van der Waals surface area (Å²) in [4.78, 5) is 16.4. The number of benzene rings is 1. The molecule has 0 atom stereocenters. The van der Waals surface area contributed by atoms with Gasteiger partial charge in [0.1, 0.15) is 5.82 Å². The second-order valence-electron chi connectivity index (χ2n) is 5.02. The molecule has 1 aromatic carbocycles. The van der Waals surface area contributed by atoms with Crippen LogP contribution >= 0.6 is 0 Å². The summed E-state index contributed by atoms with van der Waals surface area (Å²) < 4.78 is 24.4. The minimum absolute atomic E-state index is 0.102. The monoisotopic (exact) mass is 323 g/mol. The van der Waals surface area contributed by atoms with Gasteiger partial charge in [0.25, 0.3) is 5.91 Å². The van der Waals surface area contributed by atoms with Crippen molar-refractivity contribution in [3.8, 4) is 0 Å². The summed E-state index contributed by atoms with van der Waals surface area (Å²) in [6, 6.07) is 2.70. The van der Waals surface area contributed by atoms with Gasteiger partial charge in [0.05, 0.1) is 4.90 Å². The minimum Gasteiger partial charge on any atom is -0.291 e. The number of hydrogen-bond acceptors (Lipinski definition) is 5. The lowest BCUT2D eigenvalue weighted by atomic mass is 10.0. The molecule has 0 fully saturated rings. The van der Waals surface area contributed by atoms with Crippen molar-refractivity contribution in [2.75, 3.05) is 5.32 Å². The van der Waals surface area contributed by atoms with E-state index in [1.807, 2.05) is 0 Å². The third-order valence-electron chi connectivity index (χ3n) is 3.31. The van der Waals surface area contributed by atoms with E-state index in [9.17, 15) is 13.2 Å². The number of amides is 1. The zero-order chi connectivity index (χ0) is 16.7. The highest BCUT2D eigenvalue weighted by Gasteiger charge is 2.18. The van der Waals surface area contributed by atoms with Crippen LogP contribution in [0.3, 0.4) is 0 Å². The van der Waals surface area contributed by atoms with Crippen molar-refractivity contribution in [2.45, 2.75) is 25.7 Å². The van der Waals surface area contributed by atoms with Crippen molar-refractivity contribution in [1.82, 2.24) is 14.8 Å². The van der Waals surface area contributed by atoms with Gasteiger partial charge in [-0.3, -0.25) is 10.1 Å². The largest absolute Gasteiger partial charge is 0.291 e. The summed E-state index contributed by atoms with van der Waals surface area (Å²) in [5.74, 6) is 0.325. The molecule has 0 bridgehead atoms. The molecule has 0 saturated heterocycles. The Morgan fingerprint density at radius 3 is 2.41 bits per heavy atom. The van der Waals surface area contributed by atoms with E-state index < -0.39 is 15.9 Å². The number of carbonyl (C=O) groups is 1. The molecule has 0 aliphatic rings. The molecule has 0 aliphatic heterocycles. The summed E-state index contributed by atoms with van der Waals surface area (Å²) in [6.07, 6.45) is 0. The van der Waals surface area contributed by atoms with Gasteiger partial charge in [0, 0.05) is 12.6 Å². The Bertz CT molecular complexity index is 855. The van der Waals surface area contributed by atoms with Gasteiger partial charge in [0.15, 0.2) is 0 Å². The van der Waals surface area contributed by atoms with Crippen LogP contribution in [0.1, 0.15) is 27.3 Å². The molecule has 2 aromatic rings. The van der Waals surface area contributed by atoms with Crippen LogP contribution in [0.25, 0.3) is 0 Å². The number of nitrogens with two attached hydrogens (primary N) is 1. The Morgan fingerprint density at radius 1 is 1.27 bits per heavy atom. The van der Waals surface area contributed by atoms with E-state index in [2.05, 4.69) is 15.4 Å². The van der Waals surface area contributed by atoms with Gasteiger partial charge in [0.2, 0.25) is 16.0 Å². The summed E-state index contributed by atoms with van der Waals surface area (Å²) in [5, 5.41) is 11.8. The SMILES string of the molecule is Cc1nc(NC(=O)c2cc(S(N)(=O)=O)cc(C)c2C)n(C)n1. The number of anilines is 1. The molecule has 0 radical (unpaired) electrons. The van der Waals surface area contributed by atoms with Crippen molar-refractivity contribution >= 4 is 21.9 Å². The maximum Gasteiger partial charge on any atom is 0.258 e. The van der Waals surface area contributed by atoms with Crippen LogP contribution in [0.15, 0.2) is 17.0 Å². The highest BCUT2D eigenvalue weighted by atomic mass is 32.2. The summed E-state index contributed by atoms with van der Waals surface area (Å²) in [7, 11) is -2.24. The first-order chi connectivity index (χ1) is 10.1. The van der Waals surface area contributed by atoms with E-state index in [0.717, 1.165) is 0 Å². The molecular formula is C13H17N5O3S. The lowest BCUT2D eigenvalue weighted by molar-refractivity contribution is 0.102. The van der Waals surface area contributed by atoms with E-state index in [1.54, 1.807) is 27.8 Å². The van der Waals surface area contributed by atoms with Crippen LogP contribution in [0.2, 0.25) is 0 Å². The quantitative estimate of drug-likeness (QED) is 0.859. The van der Waals surface area contributed by atoms with E-state index in [4.69, 9.17) is 5.14 Å². The fourth-order valence-electron chi connectivity index (χ4n) is 2.02. The second kappa shape index (κ2) is 5.50. The van der Waals surface area contributed by atoms with Crippen molar-refractivity contribution in [3.63, 3.8) is 0 Å². The standard InChI is InChI=1S/C13H17N5O3S/c1-7-5-10(22(14,20)21)6-11(8(7)2)12(19)16-13-15-9(3)17-18(13)4/h5-6H,1-4H3,(H2,14,20,21)(H,15,16,17,19). The third kappa shape index (κ3) is 3.15. The Morgan fingerprint density at radius 2 is 1.91 bits per heavy atom. The normalized spacial score (nSPS) is 11.5. The molecule has 0 aliphatic carbocycles. The lowest BCUT2D eigenvalue weighted by Gasteiger charge is -2.11. The number of nitrogens with one attached hydrogen (secondary N) is 1. The van der Waals surface area contributed by atoms with Crippen molar-refractivity contribution in [2.24, 2.45) is 12.2 Å². The highest BCUT2D eigenvalue weighted by molar-refractivity contribution is 7.89. The van der Waals surface area contributed by atoms with Crippen LogP contribution in [-0.2, 0) is 17.1 Å². The zero-order valence-corrected chi connectivity index (χ0v) is 13.5. The van der Waals surface area contributed by atoms with Gasteiger partial charge in [-0.25, -0.2) is 18.2 Å². The molecule has 3 N–H and O–H groups in total. The number of nitrogens with zero attached hydrogens (tertiary/aromatic N) is 3. The topological polar surface area (TPSA) is 120 Å². The van der Waals surface area contributed by atoms with Crippen LogP contribution in [0.5, 0.6) is 0 Å². The summed E-state index contributed by atoms with van der Waals surface area (Å²) in [5.41, 5.74) is 1.55. The maximum atomic E-state index is 12.4. The van der Waals surface area contributed by atoms with Crippen LogP contribution in [0.4, 0.5) is 5.95 Å². The van der Waals surface area contributed by atoms with Gasteiger partial charge < -0.3 is 0 Å². The molecule has 0 spiro atoms. The van der Waals surface area contributed by atoms with Gasteiger partial charge in [-0.15, -0.1) is 0 Å². The van der Waals surface area contributed by atoms with Crippen molar-refractivity contribution in [3.05, 3.63) is 34.6 Å². The smallest absolute Gasteiger partial charge is 0.258 e. The van der Waals surface area contributed by atoms with E-state index in [1.165, 1.54) is 16.8 Å². The zero-order valence-electron chi connectivity index (χ0n) is 12.7. The molecule has 1 amide bonds. The van der Waals surface area contributed by atoms with E-state index >= 15 is 0 Å². The van der Waals surface area contributed by atoms with Crippen LogP contribution in [-0.4, -0.2) is 29.1 Å². The number of carbonyl (C=O) groups excluding carboxylic acids is 1. The Labute approximate surface area is 128 Å². The fourth-order valence-corrected chi connectivity index (χ4v) is 2.64. The number of aryl methyl sites for hydroxylation is 3. The first-order valence-corrected chi connectivity index (χ1v) is 7.97. The van der Waals surface area contributed by atoms with E-state index in [0.29, 0.717) is 17.0 Å². The fraction of sp³-hybridized carbons (Fsp3) is 0.308. The van der Waals surface area contributed by atoms with Crippen LogP contribution < -0.4 is 10.5 Å². The molecular weight excluding hydrogens is 306 g/mol. The number of hydrogen-bond donors (Lipinski definition) is 2. The van der Waals surface area contributed by atoms with Gasteiger partial charge in [-0.1, -0.05) is 0 Å². The van der Waals surface area contributed by atoms with Gasteiger partial charge >= 0.3 is 0 Å². The molecule has 0 unspecified atom stereocenters. The first kappa shape index (κ1) is 16.1. The molecule has 0 saturated carbocycles.